The molecule has 3 N–H and O–H groups in total. The number of hydrogen-bond donors (Lipinski definition) is 3. The molecule has 2 aliphatic rings. The summed E-state index contributed by atoms with van der Waals surface area (Å²) in [6.07, 6.45) is 3.73. The first-order valence-corrected chi connectivity index (χ1v) is 16.9. The Labute approximate surface area is 284 Å². The number of ether oxygens (including phenoxy) is 1. The molecule has 0 bridgehead atoms. The minimum absolute atomic E-state index is 0.0174. The van der Waals surface area contributed by atoms with Crippen LogP contribution in [0.2, 0.25) is 0 Å². The molecular formula is C35H41FN6O5S. The van der Waals surface area contributed by atoms with E-state index < -0.39 is 11.7 Å². The van der Waals surface area contributed by atoms with Crippen LogP contribution in [0.15, 0.2) is 59.7 Å². The van der Waals surface area contributed by atoms with Gasteiger partial charge in [0, 0.05) is 38.5 Å². The van der Waals surface area contributed by atoms with Gasteiger partial charge < -0.3 is 25.4 Å². The molecule has 0 spiro atoms. The molecule has 2 aromatic carbocycles. The zero-order chi connectivity index (χ0) is 34.4. The van der Waals surface area contributed by atoms with Gasteiger partial charge in [-0.15, -0.1) is 11.8 Å². The van der Waals surface area contributed by atoms with Crippen LogP contribution in [0.3, 0.4) is 0 Å². The van der Waals surface area contributed by atoms with Gasteiger partial charge in [0.25, 0.3) is 5.91 Å². The number of likely N-dealkylation sites (N-methyl/N-ethyl adjacent to an activating group) is 2. The summed E-state index contributed by atoms with van der Waals surface area (Å²) in [5.41, 5.74) is 2.38. The monoisotopic (exact) mass is 676 g/mol. The van der Waals surface area contributed by atoms with Crippen molar-refractivity contribution in [3.05, 3.63) is 71.7 Å². The topological polar surface area (TPSA) is 136 Å². The van der Waals surface area contributed by atoms with Crippen molar-refractivity contribution in [1.82, 2.24) is 25.4 Å². The van der Waals surface area contributed by atoms with Crippen molar-refractivity contribution in [2.24, 2.45) is 4.99 Å². The second-order valence-electron chi connectivity index (χ2n) is 12.4. The highest BCUT2D eigenvalue weighted by Crippen LogP contribution is 2.33. The van der Waals surface area contributed by atoms with Gasteiger partial charge in [-0.2, -0.15) is 0 Å². The standard InChI is InChI=1S/C35H41FN6O5S/c1-21-38-31(20-48-21)34(46)40-26-10-8-25(9-11-26)39-33(45)30-16-24(36)17-37-35(30)47-28-7-5-6-22(15-28)29-13-12-27(43)14-23(29)18-42(4)19-32(44)41(2)3/h5-7,12-17,25-26,31,43H,8-11,18-20H2,1-4H3,(H,39,45)(H,40,46). The molecule has 254 valence electrons. The zero-order valence-electron chi connectivity index (χ0n) is 27.5. The van der Waals surface area contributed by atoms with E-state index in [9.17, 15) is 23.9 Å². The Hall–Kier alpha value is -4.49. The highest BCUT2D eigenvalue weighted by Gasteiger charge is 2.29. The van der Waals surface area contributed by atoms with E-state index in [-0.39, 0.29) is 53.7 Å². The number of benzene rings is 2. The quantitative estimate of drug-likeness (QED) is 0.268. The molecule has 3 aromatic rings. The Morgan fingerprint density at radius 2 is 1.75 bits per heavy atom. The number of nitrogens with one attached hydrogen (secondary N) is 2. The van der Waals surface area contributed by atoms with Crippen LogP contribution in [0.1, 0.15) is 48.5 Å². The fourth-order valence-corrected chi connectivity index (χ4v) is 6.62. The second-order valence-corrected chi connectivity index (χ2v) is 13.7. The van der Waals surface area contributed by atoms with Gasteiger partial charge >= 0.3 is 0 Å². The van der Waals surface area contributed by atoms with E-state index in [1.54, 1.807) is 62.3 Å². The second kappa shape index (κ2) is 15.6. The molecule has 1 aromatic heterocycles. The van der Waals surface area contributed by atoms with Gasteiger partial charge in [0.15, 0.2) is 0 Å². The number of thioether (sulfide) groups is 1. The SMILES string of the molecule is CC1=NC(C(=O)NC2CCC(NC(=O)c3cc(F)cnc3Oc3cccc(-c4ccc(O)cc4CN(C)CC(=O)N(C)C)c3)CC2)CS1. The highest BCUT2D eigenvalue weighted by atomic mass is 32.2. The molecule has 2 heterocycles. The molecule has 13 heteroatoms. The zero-order valence-corrected chi connectivity index (χ0v) is 28.3. The number of aliphatic imine (C=N–C) groups is 1. The fourth-order valence-electron chi connectivity index (χ4n) is 5.79. The average Bonchev–Trinajstić information content (AvgIpc) is 3.49. The maximum atomic E-state index is 14.3. The predicted molar refractivity (Wildman–Crippen MR) is 184 cm³/mol. The van der Waals surface area contributed by atoms with E-state index in [0.29, 0.717) is 43.7 Å². The number of phenolic OH excluding ortho intramolecular Hbond substituents is 1. The number of phenols is 1. The third-order valence-electron chi connectivity index (χ3n) is 8.35. The number of hydrogen-bond acceptors (Lipinski definition) is 9. The van der Waals surface area contributed by atoms with Crippen LogP contribution >= 0.6 is 11.8 Å². The maximum absolute atomic E-state index is 14.3. The summed E-state index contributed by atoms with van der Waals surface area (Å²) < 4.78 is 20.4. The van der Waals surface area contributed by atoms with Crippen LogP contribution in [0.5, 0.6) is 17.4 Å². The molecule has 0 saturated heterocycles. The van der Waals surface area contributed by atoms with Crippen molar-refractivity contribution >= 4 is 34.5 Å². The van der Waals surface area contributed by atoms with Gasteiger partial charge in [0.2, 0.25) is 17.7 Å². The van der Waals surface area contributed by atoms with Gasteiger partial charge in [0.1, 0.15) is 28.9 Å². The van der Waals surface area contributed by atoms with Crippen molar-refractivity contribution < 1.29 is 28.6 Å². The van der Waals surface area contributed by atoms with E-state index in [0.717, 1.165) is 34.0 Å². The lowest BCUT2D eigenvalue weighted by Crippen LogP contribution is -2.46. The van der Waals surface area contributed by atoms with Gasteiger partial charge in [0.05, 0.1) is 17.8 Å². The molecule has 0 radical (unpaired) electrons. The Morgan fingerprint density at radius 1 is 1.02 bits per heavy atom. The highest BCUT2D eigenvalue weighted by molar-refractivity contribution is 8.14. The summed E-state index contributed by atoms with van der Waals surface area (Å²) in [5.74, 6) is -0.153. The van der Waals surface area contributed by atoms with Crippen LogP contribution in [0.25, 0.3) is 11.1 Å². The first-order valence-electron chi connectivity index (χ1n) is 15.9. The molecule has 1 saturated carbocycles. The third kappa shape index (κ3) is 9.10. The van der Waals surface area contributed by atoms with Crippen molar-refractivity contribution in [2.45, 2.75) is 57.3 Å². The first kappa shape index (κ1) is 34.8. The lowest BCUT2D eigenvalue weighted by Gasteiger charge is -2.30. The predicted octanol–water partition coefficient (Wildman–Crippen LogP) is 4.60. The molecule has 11 nitrogen and oxygen atoms in total. The summed E-state index contributed by atoms with van der Waals surface area (Å²) in [6.45, 7) is 2.51. The number of pyridine rings is 1. The van der Waals surface area contributed by atoms with Crippen LogP contribution in [0.4, 0.5) is 4.39 Å². The van der Waals surface area contributed by atoms with Crippen LogP contribution in [0, 0.1) is 5.82 Å². The summed E-state index contributed by atoms with van der Waals surface area (Å²) in [6, 6.07) is 12.9. The normalized spacial score (nSPS) is 19.0. The lowest BCUT2D eigenvalue weighted by atomic mass is 9.90. The number of aromatic hydroxyl groups is 1. The summed E-state index contributed by atoms with van der Waals surface area (Å²) >= 11 is 1.59. The Bertz CT molecular complexity index is 1690. The number of rotatable bonds is 11. The molecule has 1 unspecified atom stereocenters. The number of carbonyl (C=O) groups is 3. The molecule has 48 heavy (non-hydrogen) atoms. The molecule has 1 aliphatic heterocycles. The van der Waals surface area contributed by atoms with E-state index >= 15 is 0 Å². The number of nitrogens with zero attached hydrogens (tertiary/aromatic N) is 4. The third-order valence-corrected chi connectivity index (χ3v) is 9.36. The maximum Gasteiger partial charge on any atom is 0.257 e. The Balaban J connectivity index is 1.25. The minimum atomic E-state index is -0.666. The van der Waals surface area contributed by atoms with Crippen molar-refractivity contribution in [3.8, 4) is 28.5 Å². The van der Waals surface area contributed by atoms with Gasteiger partial charge in [-0.25, -0.2) is 9.37 Å². The van der Waals surface area contributed by atoms with Crippen LogP contribution < -0.4 is 15.4 Å². The molecular weight excluding hydrogens is 635 g/mol. The first-order chi connectivity index (χ1) is 22.9. The molecule has 1 aliphatic carbocycles. The van der Waals surface area contributed by atoms with E-state index in [1.165, 1.54) is 4.90 Å². The summed E-state index contributed by atoms with van der Waals surface area (Å²) in [7, 11) is 5.24. The molecule has 5 rings (SSSR count). The average molecular weight is 677 g/mol. The minimum Gasteiger partial charge on any atom is -0.508 e. The van der Waals surface area contributed by atoms with E-state index in [2.05, 4.69) is 20.6 Å². The van der Waals surface area contributed by atoms with Crippen molar-refractivity contribution in [3.63, 3.8) is 0 Å². The number of carbonyl (C=O) groups excluding carboxylic acids is 3. The van der Waals surface area contributed by atoms with Crippen LogP contribution in [-0.2, 0) is 16.1 Å². The Morgan fingerprint density at radius 3 is 2.44 bits per heavy atom. The fraction of sp³-hybridized carbons (Fsp3) is 0.400. The number of aromatic nitrogens is 1. The van der Waals surface area contributed by atoms with Gasteiger partial charge in [-0.3, -0.25) is 24.3 Å². The molecule has 1 fully saturated rings. The van der Waals surface area contributed by atoms with Crippen LogP contribution in [-0.4, -0.2) is 94.2 Å². The van der Waals surface area contributed by atoms with Gasteiger partial charge in [-0.05, 0) is 86.7 Å². The van der Waals surface area contributed by atoms with Crippen molar-refractivity contribution in [2.75, 3.05) is 33.4 Å². The summed E-state index contributed by atoms with van der Waals surface area (Å²) in [5, 5.41) is 17.2. The Kier molecular flexibility index (Phi) is 11.3. The van der Waals surface area contributed by atoms with E-state index in [4.69, 9.17) is 4.74 Å². The smallest absolute Gasteiger partial charge is 0.257 e. The largest absolute Gasteiger partial charge is 0.508 e. The number of amides is 3. The van der Waals surface area contributed by atoms with Gasteiger partial charge in [-0.1, -0.05) is 18.2 Å². The molecule has 3 amide bonds. The lowest BCUT2D eigenvalue weighted by molar-refractivity contribution is -0.129. The molecule has 1 atom stereocenters. The van der Waals surface area contributed by atoms with Crippen molar-refractivity contribution in [1.29, 1.82) is 0 Å². The van der Waals surface area contributed by atoms with E-state index in [1.807, 2.05) is 24.9 Å². The summed E-state index contributed by atoms with van der Waals surface area (Å²) in [4.78, 5) is 50.0. The number of halogens is 1.